The Hall–Kier alpha value is -1.62. The van der Waals surface area contributed by atoms with Crippen LogP contribution in [0.5, 0.6) is 0 Å². The van der Waals surface area contributed by atoms with Crippen molar-refractivity contribution in [3.63, 3.8) is 0 Å². The number of hydrogen-bond donors (Lipinski definition) is 2. The van der Waals surface area contributed by atoms with Crippen molar-refractivity contribution >= 4 is 11.6 Å². The summed E-state index contributed by atoms with van der Waals surface area (Å²) in [5.41, 5.74) is 0.887. The number of amides is 1. The summed E-state index contributed by atoms with van der Waals surface area (Å²) in [5, 5.41) is 2.72. The molecule has 1 saturated heterocycles. The number of likely N-dealkylation sites (tertiary alicyclic amines) is 1. The summed E-state index contributed by atoms with van der Waals surface area (Å²) in [6.45, 7) is 3.68. The molecule has 0 radical (unpaired) electrons. The van der Waals surface area contributed by atoms with Crippen LogP contribution < -0.4 is 10.9 Å². The summed E-state index contributed by atoms with van der Waals surface area (Å²) < 4.78 is 0. The van der Waals surface area contributed by atoms with Crippen molar-refractivity contribution in [2.24, 2.45) is 5.92 Å². The summed E-state index contributed by atoms with van der Waals surface area (Å²) in [4.78, 5) is 28.5. The molecule has 1 aromatic heterocycles. The first-order chi connectivity index (χ1) is 8.56. The Morgan fingerprint density at radius 1 is 1.39 bits per heavy atom. The minimum absolute atomic E-state index is 0.0157. The number of aromatic nitrogens is 1. The minimum atomic E-state index is -0.240. The van der Waals surface area contributed by atoms with Gasteiger partial charge < -0.3 is 15.2 Å². The molecule has 1 amide bonds. The Bertz CT molecular complexity index is 487. The van der Waals surface area contributed by atoms with Crippen LogP contribution in [0.15, 0.2) is 16.9 Å². The molecule has 2 heterocycles. The van der Waals surface area contributed by atoms with Gasteiger partial charge in [0.2, 0.25) is 5.91 Å². The van der Waals surface area contributed by atoms with E-state index >= 15 is 0 Å². The Morgan fingerprint density at radius 3 is 2.67 bits per heavy atom. The van der Waals surface area contributed by atoms with E-state index in [1.807, 2.05) is 6.92 Å². The third kappa shape index (κ3) is 2.98. The molecule has 0 spiro atoms. The molecule has 0 bridgehead atoms. The Balaban J connectivity index is 2.01. The third-order valence-corrected chi connectivity index (χ3v) is 3.40. The first-order valence-electron chi connectivity index (χ1n) is 6.25. The molecule has 98 valence electrons. The molecular weight excluding hydrogens is 230 g/mol. The van der Waals surface area contributed by atoms with Crippen LogP contribution in [0.1, 0.15) is 18.5 Å². The predicted molar refractivity (Wildman–Crippen MR) is 70.7 cm³/mol. The second-order valence-electron chi connectivity index (χ2n) is 4.95. The highest BCUT2D eigenvalue weighted by Crippen LogP contribution is 2.17. The van der Waals surface area contributed by atoms with E-state index in [-0.39, 0.29) is 17.4 Å². The van der Waals surface area contributed by atoms with Crippen LogP contribution in [0.25, 0.3) is 0 Å². The number of carbonyl (C=O) groups is 1. The molecule has 1 aliphatic rings. The molecule has 1 aliphatic heterocycles. The molecule has 5 heteroatoms. The zero-order valence-corrected chi connectivity index (χ0v) is 10.8. The summed E-state index contributed by atoms with van der Waals surface area (Å²) in [6, 6.07) is 3.44. The van der Waals surface area contributed by atoms with E-state index in [2.05, 4.69) is 22.2 Å². The van der Waals surface area contributed by atoms with Crippen LogP contribution in [-0.2, 0) is 4.79 Å². The largest absolute Gasteiger partial charge is 0.325 e. The van der Waals surface area contributed by atoms with Crippen LogP contribution >= 0.6 is 0 Å². The molecule has 0 atom stereocenters. The predicted octanol–water partition coefficient (Wildman–Crippen LogP) is 0.964. The van der Waals surface area contributed by atoms with E-state index in [0.717, 1.165) is 31.6 Å². The monoisotopic (exact) mass is 249 g/mol. The maximum absolute atomic E-state index is 12.0. The van der Waals surface area contributed by atoms with Gasteiger partial charge in [0.15, 0.2) is 0 Å². The minimum Gasteiger partial charge on any atom is -0.325 e. The highest BCUT2D eigenvalue weighted by atomic mass is 16.2. The fourth-order valence-electron chi connectivity index (χ4n) is 2.18. The number of anilines is 1. The van der Waals surface area contributed by atoms with Crippen LogP contribution in [0.3, 0.4) is 0 Å². The molecule has 18 heavy (non-hydrogen) atoms. The number of aryl methyl sites for hydroxylation is 1. The average molecular weight is 249 g/mol. The van der Waals surface area contributed by atoms with Gasteiger partial charge in [0.05, 0.1) is 0 Å². The lowest BCUT2D eigenvalue weighted by atomic mass is 9.96. The number of hydrogen-bond acceptors (Lipinski definition) is 3. The molecule has 1 fully saturated rings. The van der Waals surface area contributed by atoms with E-state index < -0.39 is 0 Å². The van der Waals surface area contributed by atoms with Crippen LogP contribution in [0.4, 0.5) is 5.69 Å². The van der Waals surface area contributed by atoms with E-state index in [1.165, 1.54) is 0 Å². The van der Waals surface area contributed by atoms with Crippen molar-refractivity contribution in [1.29, 1.82) is 0 Å². The fourth-order valence-corrected chi connectivity index (χ4v) is 2.18. The number of nitrogens with one attached hydrogen (secondary N) is 2. The Labute approximate surface area is 106 Å². The maximum atomic E-state index is 12.0. The zero-order valence-electron chi connectivity index (χ0n) is 10.8. The van der Waals surface area contributed by atoms with Crippen molar-refractivity contribution in [3.05, 3.63) is 28.2 Å². The van der Waals surface area contributed by atoms with Crippen molar-refractivity contribution in [2.75, 3.05) is 25.5 Å². The zero-order chi connectivity index (χ0) is 13.1. The number of nitrogens with zero attached hydrogens (tertiary/aromatic N) is 1. The highest BCUT2D eigenvalue weighted by Gasteiger charge is 2.23. The number of aromatic amines is 1. The molecule has 5 nitrogen and oxygen atoms in total. The van der Waals surface area contributed by atoms with Gasteiger partial charge in [-0.25, -0.2) is 0 Å². The topological polar surface area (TPSA) is 65.2 Å². The third-order valence-electron chi connectivity index (χ3n) is 3.40. The summed E-state index contributed by atoms with van der Waals surface area (Å²) in [5.74, 6) is -0.0284. The van der Waals surface area contributed by atoms with E-state index in [9.17, 15) is 9.59 Å². The normalized spacial score (nSPS) is 17.7. The van der Waals surface area contributed by atoms with Gasteiger partial charge in [-0.3, -0.25) is 9.59 Å². The second-order valence-corrected chi connectivity index (χ2v) is 4.95. The number of pyridine rings is 1. The van der Waals surface area contributed by atoms with E-state index in [4.69, 9.17) is 0 Å². The summed E-state index contributed by atoms with van der Waals surface area (Å²) in [6.07, 6.45) is 1.71. The van der Waals surface area contributed by atoms with Gasteiger partial charge in [-0.05, 0) is 52.0 Å². The first kappa shape index (κ1) is 12.8. The molecule has 2 N–H and O–H groups in total. The highest BCUT2D eigenvalue weighted by molar-refractivity contribution is 5.92. The van der Waals surface area contributed by atoms with Gasteiger partial charge in [-0.15, -0.1) is 0 Å². The van der Waals surface area contributed by atoms with Gasteiger partial charge in [0.1, 0.15) is 5.69 Å². The van der Waals surface area contributed by atoms with Crippen molar-refractivity contribution in [1.82, 2.24) is 9.88 Å². The van der Waals surface area contributed by atoms with Crippen LogP contribution in [0, 0.1) is 12.8 Å². The SMILES string of the molecule is Cc1ccc(NC(=O)C2CCN(C)CC2)c(=O)[nH]1. The lowest BCUT2D eigenvalue weighted by Gasteiger charge is -2.27. The van der Waals surface area contributed by atoms with Crippen molar-refractivity contribution in [2.45, 2.75) is 19.8 Å². The van der Waals surface area contributed by atoms with Gasteiger partial charge in [-0.2, -0.15) is 0 Å². The van der Waals surface area contributed by atoms with Crippen molar-refractivity contribution in [3.8, 4) is 0 Å². The average Bonchev–Trinajstić information content (AvgIpc) is 2.33. The smallest absolute Gasteiger partial charge is 0.271 e. The summed E-state index contributed by atoms with van der Waals surface area (Å²) >= 11 is 0. The number of H-pyrrole nitrogens is 1. The van der Waals surface area contributed by atoms with Crippen LogP contribution in [0.2, 0.25) is 0 Å². The van der Waals surface area contributed by atoms with Gasteiger partial charge >= 0.3 is 0 Å². The van der Waals surface area contributed by atoms with Gasteiger partial charge in [-0.1, -0.05) is 0 Å². The maximum Gasteiger partial charge on any atom is 0.271 e. The van der Waals surface area contributed by atoms with E-state index in [0.29, 0.717) is 5.69 Å². The van der Waals surface area contributed by atoms with Gasteiger partial charge in [0, 0.05) is 11.6 Å². The lowest BCUT2D eigenvalue weighted by Crippen LogP contribution is -2.36. The molecule has 1 aromatic rings. The number of rotatable bonds is 2. The molecule has 0 saturated carbocycles. The fraction of sp³-hybridized carbons (Fsp3) is 0.538. The number of carbonyl (C=O) groups excluding carboxylic acids is 1. The molecular formula is C13H19N3O2. The number of piperidine rings is 1. The quantitative estimate of drug-likeness (QED) is 0.820. The van der Waals surface area contributed by atoms with Gasteiger partial charge in [0.25, 0.3) is 5.56 Å². The standard InChI is InChI=1S/C13H19N3O2/c1-9-3-4-11(13(18)14-9)15-12(17)10-5-7-16(2)8-6-10/h3-4,10H,5-8H2,1-2H3,(H,14,18)(H,15,17). The molecule has 0 aliphatic carbocycles. The lowest BCUT2D eigenvalue weighted by molar-refractivity contribution is -0.121. The molecule has 0 unspecified atom stereocenters. The molecule has 0 aromatic carbocycles. The Morgan fingerprint density at radius 2 is 2.06 bits per heavy atom. The second kappa shape index (κ2) is 5.35. The van der Waals surface area contributed by atoms with Crippen molar-refractivity contribution < 1.29 is 4.79 Å². The van der Waals surface area contributed by atoms with Crippen LogP contribution in [-0.4, -0.2) is 35.9 Å². The summed E-state index contributed by atoms with van der Waals surface area (Å²) in [7, 11) is 2.05. The molecule has 2 rings (SSSR count). The first-order valence-corrected chi connectivity index (χ1v) is 6.25. The van der Waals surface area contributed by atoms with E-state index in [1.54, 1.807) is 12.1 Å². The Kier molecular flexibility index (Phi) is 3.81.